The zero-order chi connectivity index (χ0) is 38.1. The minimum Gasteiger partial charge on any atom is -0.346 e. The maximum Gasteiger partial charge on any atom is 0.315 e. The van der Waals surface area contributed by atoms with Crippen LogP contribution in [0.3, 0.4) is 0 Å². The van der Waals surface area contributed by atoms with Gasteiger partial charge in [-0.2, -0.15) is 0 Å². The summed E-state index contributed by atoms with van der Waals surface area (Å²) in [6.45, 7) is 13.3. The van der Waals surface area contributed by atoms with E-state index < -0.39 is 61.4 Å². The number of Topliss-reactive ketones (excluding diaryl/α,β-unsaturated/α-hetero) is 1. The number of fused-ring (bicyclic) bond motifs is 2. The van der Waals surface area contributed by atoms with Crippen LogP contribution in [0.15, 0.2) is 12.7 Å². The molecule has 1 aliphatic heterocycles. The van der Waals surface area contributed by atoms with Crippen molar-refractivity contribution in [3.8, 4) is 0 Å². The Morgan fingerprint density at radius 3 is 2.13 bits per heavy atom. The van der Waals surface area contributed by atoms with E-state index in [-0.39, 0.29) is 41.4 Å². The van der Waals surface area contributed by atoms with E-state index in [0.717, 1.165) is 64.2 Å². The Kier molecular flexibility index (Phi) is 11.9. The van der Waals surface area contributed by atoms with Gasteiger partial charge in [-0.1, -0.05) is 71.3 Å². The second kappa shape index (κ2) is 15.4. The van der Waals surface area contributed by atoms with Crippen LogP contribution in [0.25, 0.3) is 0 Å². The molecule has 5 rings (SSSR count). The molecule has 1 saturated heterocycles. The van der Waals surface area contributed by atoms with Crippen molar-refractivity contribution in [2.75, 3.05) is 18.8 Å². The third kappa shape index (κ3) is 8.70. The number of nitrogens with zero attached hydrogens (tertiary/aromatic N) is 1. The van der Waals surface area contributed by atoms with E-state index in [1.54, 1.807) is 25.7 Å². The molecular formula is C39H63N5O7S. The van der Waals surface area contributed by atoms with Gasteiger partial charge in [-0.25, -0.2) is 13.2 Å². The van der Waals surface area contributed by atoms with Crippen molar-refractivity contribution in [2.45, 2.75) is 159 Å². The van der Waals surface area contributed by atoms with Crippen molar-refractivity contribution in [1.82, 2.24) is 26.2 Å². The Balaban J connectivity index is 1.40. The van der Waals surface area contributed by atoms with E-state index in [2.05, 4.69) is 41.7 Å². The average molecular weight is 746 g/mol. The Hall–Kier alpha value is -2.96. The molecule has 292 valence electrons. The Bertz CT molecular complexity index is 1500. The molecule has 0 radical (unpaired) electrons. The van der Waals surface area contributed by atoms with Crippen LogP contribution < -0.4 is 21.3 Å². The van der Waals surface area contributed by atoms with Gasteiger partial charge < -0.3 is 26.2 Å². The molecule has 1 heterocycles. The molecule has 0 aromatic carbocycles. The third-order valence-electron chi connectivity index (χ3n) is 12.8. The van der Waals surface area contributed by atoms with Crippen molar-refractivity contribution in [1.29, 1.82) is 0 Å². The van der Waals surface area contributed by atoms with E-state index in [0.29, 0.717) is 38.6 Å². The molecule has 4 saturated carbocycles. The fourth-order valence-corrected chi connectivity index (χ4v) is 10.9. The normalized spacial score (nSPS) is 26.9. The highest BCUT2D eigenvalue weighted by atomic mass is 32.2. The van der Waals surface area contributed by atoms with Gasteiger partial charge in [0.1, 0.15) is 11.6 Å². The van der Waals surface area contributed by atoms with E-state index >= 15 is 0 Å². The number of carbonyl (C=O) groups is 5. The van der Waals surface area contributed by atoms with E-state index in [9.17, 15) is 32.4 Å². The molecule has 2 bridgehead atoms. The van der Waals surface area contributed by atoms with Gasteiger partial charge in [0.2, 0.25) is 17.6 Å². The number of piperidine rings is 1. The predicted molar refractivity (Wildman–Crippen MR) is 200 cm³/mol. The second-order valence-electron chi connectivity index (χ2n) is 18.3. The molecule has 0 aromatic rings. The summed E-state index contributed by atoms with van der Waals surface area (Å²) in [5.41, 5.74) is -2.42. The molecule has 12 nitrogen and oxygen atoms in total. The van der Waals surface area contributed by atoms with Gasteiger partial charge in [-0.05, 0) is 88.9 Å². The van der Waals surface area contributed by atoms with Crippen LogP contribution in [-0.2, 0) is 29.0 Å². The first-order chi connectivity index (χ1) is 24.3. The smallest absolute Gasteiger partial charge is 0.315 e. The van der Waals surface area contributed by atoms with Gasteiger partial charge >= 0.3 is 6.03 Å². The Morgan fingerprint density at radius 2 is 1.56 bits per heavy atom. The number of carbonyl (C=O) groups excluding carboxylic acids is 5. The van der Waals surface area contributed by atoms with Crippen LogP contribution in [0.2, 0.25) is 0 Å². The van der Waals surface area contributed by atoms with Gasteiger partial charge in [0.15, 0.2) is 9.84 Å². The predicted octanol–water partition coefficient (Wildman–Crippen LogP) is 4.32. The highest BCUT2D eigenvalue weighted by molar-refractivity contribution is 7.92. The lowest BCUT2D eigenvalue weighted by Crippen LogP contribution is -2.66. The molecule has 13 heteroatoms. The fraction of sp³-hybridized carbons (Fsp3) is 0.821. The van der Waals surface area contributed by atoms with E-state index in [1.165, 1.54) is 6.08 Å². The quantitative estimate of drug-likeness (QED) is 0.152. The highest BCUT2D eigenvalue weighted by Gasteiger charge is 2.65. The van der Waals surface area contributed by atoms with Crippen LogP contribution in [0.5, 0.6) is 0 Å². The average Bonchev–Trinajstić information content (AvgIpc) is 3.75. The van der Waals surface area contributed by atoms with Crippen molar-refractivity contribution in [3.63, 3.8) is 0 Å². The molecule has 5 amide bonds. The lowest BCUT2D eigenvalue weighted by Gasteiger charge is -2.46. The number of rotatable bonds is 14. The van der Waals surface area contributed by atoms with Gasteiger partial charge in [0, 0.05) is 13.1 Å². The molecule has 4 atom stereocenters. The topological polar surface area (TPSA) is 171 Å². The third-order valence-corrected chi connectivity index (χ3v) is 15.6. The first-order valence-electron chi connectivity index (χ1n) is 19.7. The molecule has 52 heavy (non-hydrogen) atoms. The van der Waals surface area contributed by atoms with Crippen molar-refractivity contribution in [3.05, 3.63) is 12.7 Å². The number of urea groups is 1. The summed E-state index contributed by atoms with van der Waals surface area (Å²) in [6, 6.07) is -2.47. The standard InChI is InChI=1S/C39H63N5O7S/c1-7-20-40-32(46)31(45)29(21-26-16-17-26)41-34(48)39-22-28(37(5,6)24-39)23-44(39)33(47)30(27-14-10-8-11-15-27)42-35(49)43-38(18-12-9-13-19-38)25-52(50,51)36(2,3)4/h7,26-30H,1,8-25H2,2-6H3,(H,40,46)(H,41,48)(H2,42,43,49)/t28?,29?,30-,39?/m0/s1. The summed E-state index contributed by atoms with van der Waals surface area (Å²) in [7, 11) is -3.56. The number of ketones is 1. The lowest BCUT2D eigenvalue weighted by atomic mass is 9.77. The second-order valence-corrected chi connectivity index (χ2v) is 21.0. The van der Waals surface area contributed by atoms with Crippen LogP contribution >= 0.6 is 0 Å². The van der Waals surface area contributed by atoms with Gasteiger partial charge in [-0.15, -0.1) is 6.58 Å². The molecule has 0 spiro atoms. The van der Waals surface area contributed by atoms with Crippen LogP contribution in [0.1, 0.15) is 131 Å². The summed E-state index contributed by atoms with van der Waals surface area (Å²) in [5.74, 6) is -2.25. The zero-order valence-electron chi connectivity index (χ0n) is 32.1. The molecule has 0 aromatic heterocycles. The van der Waals surface area contributed by atoms with Crippen LogP contribution in [0, 0.1) is 23.2 Å². The number of hydrogen-bond acceptors (Lipinski definition) is 7. The van der Waals surface area contributed by atoms with Gasteiger partial charge in [0.05, 0.1) is 22.1 Å². The van der Waals surface area contributed by atoms with Crippen LogP contribution in [-0.4, -0.2) is 89.6 Å². The molecule has 5 fully saturated rings. The number of sulfone groups is 1. The fourth-order valence-electron chi connectivity index (χ4n) is 9.33. The minimum atomic E-state index is -3.56. The van der Waals surface area contributed by atoms with E-state index in [1.807, 2.05) is 0 Å². The summed E-state index contributed by atoms with van der Waals surface area (Å²) >= 11 is 0. The van der Waals surface area contributed by atoms with Gasteiger partial charge in [-0.3, -0.25) is 19.2 Å². The van der Waals surface area contributed by atoms with Crippen molar-refractivity contribution >= 4 is 39.4 Å². The lowest BCUT2D eigenvalue weighted by molar-refractivity contribution is -0.151. The summed E-state index contributed by atoms with van der Waals surface area (Å²) < 4.78 is 25.9. The number of amides is 5. The van der Waals surface area contributed by atoms with Crippen molar-refractivity contribution in [2.24, 2.45) is 23.2 Å². The van der Waals surface area contributed by atoms with E-state index in [4.69, 9.17) is 0 Å². The first-order valence-corrected chi connectivity index (χ1v) is 21.3. The summed E-state index contributed by atoms with van der Waals surface area (Å²) in [6.07, 6.45) is 12.6. The van der Waals surface area contributed by atoms with Gasteiger partial charge in [0.25, 0.3) is 5.91 Å². The molecule has 4 aliphatic carbocycles. The number of likely N-dealkylation sites (tertiary alicyclic amines) is 1. The monoisotopic (exact) mass is 745 g/mol. The highest BCUT2D eigenvalue weighted by Crippen LogP contribution is 2.57. The molecule has 5 aliphatic rings. The molecular weight excluding hydrogens is 683 g/mol. The van der Waals surface area contributed by atoms with Crippen molar-refractivity contribution < 1.29 is 32.4 Å². The molecule has 4 N–H and O–H groups in total. The summed E-state index contributed by atoms with van der Waals surface area (Å²) in [4.78, 5) is 71.2. The number of nitrogens with one attached hydrogen (secondary N) is 4. The Morgan fingerprint density at radius 1 is 0.923 bits per heavy atom. The zero-order valence-corrected chi connectivity index (χ0v) is 32.9. The largest absolute Gasteiger partial charge is 0.346 e. The maximum absolute atomic E-state index is 14.9. The SMILES string of the molecule is C=CCNC(=O)C(=O)C(CC1CC1)NC(=O)C12CC(CN1C(=O)[C@@H](NC(=O)NC1(CS(=O)(=O)C(C)(C)C)CCCCC1)C1CCCCC1)C(C)(C)C2. The minimum absolute atomic E-state index is 0.0321. The number of hydrogen-bond donors (Lipinski definition) is 4. The first kappa shape index (κ1) is 40.2. The summed E-state index contributed by atoms with van der Waals surface area (Å²) in [5, 5.41) is 11.6. The Labute approximate surface area is 310 Å². The molecule has 3 unspecified atom stereocenters. The van der Waals surface area contributed by atoms with Crippen LogP contribution in [0.4, 0.5) is 4.79 Å². The maximum atomic E-state index is 14.9.